The number of carbonyl (C=O) groups excluding carboxylic acids is 3. The van der Waals surface area contributed by atoms with E-state index in [4.69, 9.17) is 9.47 Å². The van der Waals surface area contributed by atoms with Gasteiger partial charge in [-0.05, 0) is 67.8 Å². The molecule has 1 aliphatic heterocycles. The Morgan fingerprint density at radius 3 is 2.38 bits per heavy atom. The van der Waals surface area contributed by atoms with Gasteiger partial charge in [0.15, 0.2) is 0 Å². The summed E-state index contributed by atoms with van der Waals surface area (Å²) in [5, 5.41) is 11.4. The van der Waals surface area contributed by atoms with Gasteiger partial charge in [0, 0.05) is 11.3 Å². The van der Waals surface area contributed by atoms with Gasteiger partial charge in [0.2, 0.25) is 0 Å². The number of hydrogen-bond donors (Lipinski definition) is 1. The number of amides is 1. The van der Waals surface area contributed by atoms with Crippen molar-refractivity contribution in [3.63, 3.8) is 0 Å². The van der Waals surface area contributed by atoms with Crippen LogP contribution < -0.4 is 9.64 Å². The number of aliphatic hydroxyl groups is 1. The van der Waals surface area contributed by atoms with Crippen LogP contribution in [0.1, 0.15) is 53.4 Å². The van der Waals surface area contributed by atoms with Crippen molar-refractivity contribution in [1.29, 1.82) is 0 Å². The van der Waals surface area contributed by atoms with Crippen molar-refractivity contribution < 1.29 is 29.0 Å². The molecular formula is C30H29NO6. The first kappa shape index (κ1) is 25.7. The number of nitrogens with zero attached hydrogens (tertiary/aromatic N) is 1. The molecule has 190 valence electrons. The Morgan fingerprint density at radius 1 is 0.946 bits per heavy atom. The molecule has 7 heteroatoms. The zero-order valence-corrected chi connectivity index (χ0v) is 21.1. The van der Waals surface area contributed by atoms with Gasteiger partial charge < -0.3 is 14.6 Å². The van der Waals surface area contributed by atoms with Crippen molar-refractivity contribution in [2.24, 2.45) is 0 Å². The summed E-state index contributed by atoms with van der Waals surface area (Å²) in [6, 6.07) is 19.6. The summed E-state index contributed by atoms with van der Waals surface area (Å²) < 4.78 is 10.8. The van der Waals surface area contributed by atoms with Crippen molar-refractivity contribution >= 4 is 29.1 Å². The number of Topliss-reactive ketones (excluding diaryl/α,β-unsaturated/α-hetero) is 1. The molecule has 1 N–H and O–H groups in total. The lowest BCUT2D eigenvalue weighted by Gasteiger charge is -2.25. The van der Waals surface area contributed by atoms with Crippen LogP contribution in [-0.4, -0.2) is 36.0 Å². The third-order valence-electron chi connectivity index (χ3n) is 6.11. The van der Waals surface area contributed by atoms with Crippen LogP contribution in [0.5, 0.6) is 5.75 Å². The minimum absolute atomic E-state index is 0.0290. The number of anilines is 1. The molecule has 1 aliphatic rings. The van der Waals surface area contributed by atoms with E-state index in [1.54, 1.807) is 60.7 Å². The molecule has 0 spiro atoms. The summed E-state index contributed by atoms with van der Waals surface area (Å²) in [5.41, 5.74) is 2.42. The standard InChI is InChI=1S/C30H29NO6/c1-4-16-37-30(35)22-12-9-13-23(18-22)31-26(20-10-7-6-8-11-20)25(28(33)29(31)34)27(32)21-14-15-24(36-5-2)19(3)17-21/h6-15,17-18,26,32H,4-5,16H2,1-3H3/b27-25+. The van der Waals surface area contributed by atoms with E-state index in [2.05, 4.69) is 0 Å². The summed E-state index contributed by atoms with van der Waals surface area (Å²) in [5.74, 6) is -1.72. The highest BCUT2D eigenvalue weighted by Crippen LogP contribution is 2.42. The smallest absolute Gasteiger partial charge is 0.338 e. The van der Waals surface area contributed by atoms with Crippen LogP contribution in [0.25, 0.3) is 5.76 Å². The van der Waals surface area contributed by atoms with Crippen LogP contribution in [0, 0.1) is 6.92 Å². The fourth-order valence-electron chi connectivity index (χ4n) is 4.38. The highest BCUT2D eigenvalue weighted by Gasteiger charge is 2.47. The van der Waals surface area contributed by atoms with E-state index in [-0.39, 0.29) is 23.5 Å². The number of hydrogen-bond acceptors (Lipinski definition) is 6. The molecule has 37 heavy (non-hydrogen) atoms. The molecule has 0 aromatic heterocycles. The van der Waals surface area contributed by atoms with Gasteiger partial charge in [0.1, 0.15) is 11.5 Å². The third-order valence-corrected chi connectivity index (χ3v) is 6.11. The molecule has 7 nitrogen and oxygen atoms in total. The van der Waals surface area contributed by atoms with Gasteiger partial charge in [-0.25, -0.2) is 4.79 Å². The van der Waals surface area contributed by atoms with Crippen molar-refractivity contribution in [3.05, 3.63) is 101 Å². The van der Waals surface area contributed by atoms with Gasteiger partial charge in [-0.1, -0.05) is 43.3 Å². The van der Waals surface area contributed by atoms with E-state index in [0.717, 1.165) is 5.56 Å². The van der Waals surface area contributed by atoms with E-state index >= 15 is 0 Å². The first-order valence-corrected chi connectivity index (χ1v) is 12.2. The Balaban J connectivity index is 1.85. The maximum absolute atomic E-state index is 13.4. The van der Waals surface area contributed by atoms with Gasteiger partial charge in [-0.3, -0.25) is 14.5 Å². The molecule has 1 unspecified atom stereocenters. The molecule has 1 heterocycles. The molecule has 0 bridgehead atoms. The van der Waals surface area contributed by atoms with Gasteiger partial charge in [0.05, 0.1) is 30.4 Å². The number of rotatable bonds is 8. The second kappa shape index (κ2) is 11.1. The number of aryl methyl sites for hydroxylation is 1. The van der Waals surface area contributed by atoms with Crippen molar-refractivity contribution in [2.75, 3.05) is 18.1 Å². The van der Waals surface area contributed by atoms with Gasteiger partial charge in [-0.2, -0.15) is 0 Å². The number of aliphatic hydroxyl groups excluding tert-OH is 1. The Bertz CT molecular complexity index is 1360. The lowest BCUT2D eigenvalue weighted by Crippen LogP contribution is -2.29. The van der Waals surface area contributed by atoms with Crippen LogP contribution >= 0.6 is 0 Å². The molecule has 0 radical (unpaired) electrons. The van der Waals surface area contributed by atoms with E-state index in [1.807, 2.05) is 26.8 Å². The van der Waals surface area contributed by atoms with Crippen molar-refractivity contribution in [1.82, 2.24) is 0 Å². The van der Waals surface area contributed by atoms with Crippen LogP contribution in [-0.2, 0) is 14.3 Å². The molecule has 4 rings (SSSR count). The predicted molar refractivity (Wildman–Crippen MR) is 141 cm³/mol. The first-order chi connectivity index (χ1) is 17.9. The monoisotopic (exact) mass is 499 g/mol. The lowest BCUT2D eigenvalue weighted by atomic mass is 9.94. The number of benzene rings is 3. The molecule has 3 aromatic carbocycles. The molecule has 1 amide bonds. The molecular weight excluding hydrogens is 470 g/mol. The van der Waals surface area contributed by atoms with E-state index in [9.17, 15) is 19.5 Å². The summed E-state index contributed by atoms with van der Waals surface area (Å²) >= 11 is 0. The number of carbonyl (C=O) groups is 3. The largest absolute Gasteiger partial charge is 0.507 e. The number of ketones is 1. The molecule has 3 aromatic rings. The Kier molecular flexibility index (Phi) is 7.72. The Morgan fingerprint density at radius 2 is 1.70 bits per heavy atom. The summed E-state index contributed by atoms with van der Waals surface area (Å²) in [4.78, 5) is 40.6. The summed E-state index contributed by atoms with van der Waals surface area (Å²) in [7, 11) is 0. The second-order valence-electron chi connectivity index (χ2n) is 8.68. The van der Waals surface area contributed by atoms with E-state index < -0.39 is 23.7 Å². The minimum Gasteiger partial charge on any atom is -0.507 e. The SMILES string of the molecule is CCCOC(=O)c1cccc(N2C(=O)C(=O)/C(=C(/O)c3ccc(OCC)c(C)c3)C2c2ccccc2)c1. The summed E-state index contributed by atoms with van der Waals surface area (Å²) in [6.45, 7) is 6.40. The molecule has 0 saturated carbocycles. The Labute approximate surface area is 215 Å². The minimum atomic E-state index is -0.894. The number of esters is 1. The van der Waals surface area contributed by atoms with E-state index in [0.29, 0.717) is 35.6 Å². The van der Waals surface area contributed by atoms with Crippen LogP contribution in [0.15, 0.2) is 78.4 Å². The average molecular weight is 500 g/mol. The molecule has 1 atom stereocenters. The quantitative estimate of drug-likeness (QED) is 0.188. The fraction of sp³-hybridized carbons (Fsp3) is 0.233. The van der Waals surface area contributed by atoms with Crippen LogP contribution in [0.4, 0.5) is 5.69 Å². The lowest BCUT2D eigenvalue weighted by molar-refractivity contribution is -0.132. The molecule has 1 fully saturated rings. The maximum Gasteiger partial charge on any atom is 0.338 e. The van der Waals surface area contributed by atoms with Gasteiger partial charge in [0.25, 0.3) is 11.7 Å². The molecule has 1 saturated heterocycles. The van der Waals surface area contributed by atoms with Gasteiger partial charge >= 0.3 is 5.97 Å². The summed E-state index contributed by atoms with van der Waals surface area (Å²) in [6.07, 6.45) is 0.680. The maximum atomic E-state index is 13.4. The number of ether oxygens (including phenoxy) is 2. The highest BCUT2D eigenvalue weighted by atomic mass is 16.5. The van der Waals surface area contributed by atoms with Crippen LogP contribution in [0.2, 0.25) is 0 Å². The zero-order chi connectivity index (χ0) is 26.5. The fourth-order valence-corrected chi connectivity index (χ4v) is 4.38. The Hall–Kier alpha value is -4.39. The predicted octanol–water partition coefficient (Wildman–Crippen LogP) is 5.59. The average Bonchev–Trinajstić information content (AvgIpc) is 3.18. The van der Waals surface area contributed by atoms with Crippen molar-refractivity contribution in [2.45, 2.75) is 33.2 Å². The zero-order valence-electron chi connectivity index (χ0n) is 21.1. The van der Waals surface area contributed by atoms with Crippen molar-refractivity contribution in [3.8, 4) is 5.75 Å². The van der Waals surface area contributed by atoms with Gasteiger partial charge in [-0.15, -0.1) is 0 Å². The topological polar surface area (TPSA) is 93.1 Å². The van der Waals surface area contributed by atoms with Crippen LogP contribution in [0.3, 0.4) is 0 Å². The normalized spacial score (nSPS) is 16.6. The second-order valence-corrected chi connectivity index (χ2v) is 8.68. The van der Waals surface area contributed by atoms with E-state index in [1.165, 1.54) is 11.0 Å². The highest BCUT2D eigenvalue weighted by molar-refractivity contribution is 6.51. The third kappa shape index (κ3) is 5.11. The molecule has 0 aliphatic carbocycles. The first-order valence-electron chi connectivity index (χ1n) is 12.2.